The van der Waals surface area contributed by atoms with Crippen LogP contribution in [0.4, 0.5) is 0 Å². The molecule has 76 valence electrons. The molecule has 1 fully saturated rings. The molecular weight excluding hydrogens is 168 g/mol. The maximum Gasteiger partial charge on any atom is 0.245 e. The molecule has 1 heterocycles. The predicted octanol–water partition coefficient (Wildman–Crippen LogP) is -0.421. The monoisotopic (exact) mass is 186 g/mol. The first-order valence-corrected chi connectivity index (χ1v) is 4.89. The van der Waals surface area contributed by atoms with Crippen LogP contribution in [-0.4, -0.2) is 48.2 Å². The lowest BCUT2D eigenvalue weighted by Crippen LogP contribution is -2.40. The minimum absolute atomic E-state index is 0.275. The third-order valence-electron chi connectivity index (χ3n) is 2.58. The highest BCUT2D eigenvalue weighted by Crippen LogP contribution is 2.15. The number of rotatable bonds is 4. The lowest BCUT2D eigenvalue weighted by atomic mass is 10.2. The van der Waals surface area contributed by atoms with Gasteiger partial charge in [-0.05, 0) is 25.9 Å². The van der Waals surface area contributed by atoms with Crippen LogP contribution in [0.25, 0.3) is 0 Å². The van der Waals surface area contributed by atoms with E-state index in [0.29, 0.717) is 12.6 Å². The van der Waals surface area contributed by atoms with Crippen LogP contribution in [0.5, 0.6) is 0 Å². The average Bonchev–Trinajstić information content (AvgIpc) is 2.61. The molecule has 0 aromatic heterocycles. The van der Waals surface area contributed by atoms with E-state index in [2.05, 4.69) is 17.1 Å². The quantitative estimate of drug-likeness (QED) is 0.627. The van der Waals surface area contributed by atoms with Crippen molar-refractivity contribution in [2.75, 3.05) is 26.2 Å². The number of likely N-dealkylation sites (N-methyl/N-ethyl adjacent to an activating group) is 1. The number of amides is 1. The van der Waals surface area contributed by atoms with Gasteiger partial charge in [0.15, 0.2) is 0 Å². The zero-order valence-corrected chi connectivity index (χ0v) is 8.12. The van der Waals surface area contributed by atoms with Crippen LogP contribution in [-0.2, 0) is 4.79 Å². The SMILES string of the molecule is CCN1CCC[C@H]1CNC(=O)CO. The van der Waals surface area contributed by atoms with Gasteiger partial charge in [0.2, 0.25) is 5.91 Å². The van der Waals surface area contributed by atoms with E-state index < -0.39 is 6.61 Å². The molecular formula is C9H18N2O2. The van der Waals surface area contributed by atoms with Crippen LogP contribution < -0.4 is 5.32 Å². The Morgan fingerprint density at radius 3 is 3.08 bits per heavy atom. The third-order valence-corrected chi connectivity index (χ3v) is 2.58. The highest BCUT2D eigenvalue weighted by atomic mass is 16.3. The number of nitrogens with one attached hydrogen (secondary N) is 1. The molecule has 0 aromatic rings. The molecule has 4 heteroatoms. The Morgan fingerprint density at radius 1 is 1.69 bits per heavy atom. The van der Waals surface area contributed by atoms with E-state index in [1.807, 2.05) is 0 Å². The summed E-state index contributed by atoms with van der Waals surface area (Å²) >= 11 is 0. The first kappa shape index (κ1) is 10.5. The van der Waals surface area contributed by atoms with Gasteiger partial charge in [0.1, 0.15) is 6.61 Å². The first-order chi connectivity index (χ1) is 6.27. The molecule has 4 nitrogen and oxygen atoms in total. The van der Waals surface area contributed by atoms with Gasteiger partial charge in [0.25, 0.3) is 0 Å². The summed E-state index contributed by atoms with van der Waals surface area (Å²) in [5.41, 5.74) is 0. The second kappa shape index (κ2) is 5.19. The molecule has 0 spiro atoms. The molecule has 1 amide bonds. The van der Waals surface area contributed by atoms with Crippen LogP contribution in [0.3, 0.4) is 0 Å². The number of aliphatic hydroxyl groups excluding tert-OH is 1. The molecule has 1 saturated heterocycles. The summed E-state index contributed by atoms with van der Waals surface area (Å²) in [7, 11) is 0. The lowest BCUT2D eigenvalue weighted by Gasteiger charge is -2.22. The normalized spacial score (nSPS) is 23.4. The Bertz CT molecular complexity index is 173. The van der Waals surface area contributed by atoms with E-state index in [-0.39, 0.29) is 5.91 Å². The summed E-state index contributed by atoms with van der Waals surface area (Å²) in [5.74, 6) is -0.275. The minimum atomic E-state index is -0.404. The Labute approximate surface area is 78.9 Å². The molecule has 0 unspecified atom stereocenters. The standard InChI is InChI=1S/C9H18N2O2/c1-2-11-5-3-4-8(11)6-10-9(13)7-12/h8,12H,2-7H2,1H3,(H,10,13)/t8-/m0/s1. The van der Waals surface area contributed by atoms with Gasteiger partial charge in [-0.15, -0.1) is 0 Å². The number of carbonyl (C=O) groups excluding carboxylic acids is 1. The fraction of sp³-hybridized carbons (Fsp3) is 0.889. The van der Waals surface area contributed by atoms with Crippen LogP contribution >= 0.6 is 0 Å². The Balaban J connectivity index is 2.23. The topological polar surface area (TPSA) is 52.6 Å². The van der Waals surface area contributed by atoms with E-state index in [1.165, 1.54) is 6.42 Å². The summed E-state index contributed by atoms with van der Waals surface area (Å²) in [4.78, 5) is 13.1. The number of likely N-dealkylation sites (tertiary alicyclic amines) is 1. The van der Waals surface area contributed by atoms with Crippen LogP contribution in [0.2, 0.25) is 0 Å². The molecule has 0 bridgehead atoms. The van der Waals surface area contributed by atoms with Crippen molar-refractivity contribution in [2.45, 2.75) is 25.8 Å². The van der Waals surface area contributed by atoms with E-state index in [4.69, 9.17) is 5.11 Å². The molecule has 2 N–H and O–H groups in total. The number of hydrogen-bond acceptors (Lipinski definition) is 3. The summed E-state index contributed by atoms with van der Waals surface area (Å²) < 4.78 is 0. The fourth-order valence-electron chi connectivity index (χ4n) is 1.83. The number of aliphatic hydroxyl groups is 1. The second-order valence-corrected chi connectivity index (χ2v) is 3.39. The van der Waals surface area contributed by atoms with Gasteiger partial charge in [0, 0.05) is 12.6 Å². The largest absolute Gasteiger partial charge is 0.387 e. The number of carbonyl (C=O) groups is 1. The van der Waals surface area contributed by atoms with Crippen molar-refractivity contribution in [3.05, 3.63) is 0 Å². The zero-order chi connectivity index (χ0) is 9.68. The van der Waals surface area contributed by atoms with Gasteiger partial charge in [0.05, 0.1) is 0 Å². The Morgan fingerprint density at radius 2 is 2.46 bits per heavy atom. The highest BCUT2D eigenvalue weighted by molar-refractivity contribution is 5.76. The van der Waals surface area contributed by atoms with Crippen molar-refractivity contribution >= 4 is 5.91 Å². The lowest BCUT2D eigenvalue weighted by molar-refractivity contribution is -0.124. The number of hydrogen-bond donors (Lipinski definition) is 2. The van der Waals surface area contributed by atoms with Crippen molar-refractivity contribution in [3.8, 4) is 0 Å². The van der Waals surface area contributed by atoms with Gasteiger partial charge < -0.3 is 10.4 Å². The molecule has 1 rings (SSSR count). The van der Waals surface area contributed by atoms with Gasteiger partial charge in [-0.2, -0.15) is 0 Å². The number of nitrogens with zero attached hydrogens (tertiary/aromatic N) is 1. The molecule has 1 aliphatic heterocycles. The van der Waals surface area contributed by atoms with Crippen LogP contribution in [0, 0.1) is 0 Å². The van der Waals surface area contributed by atoms with Gasteiger partial charge >= 0.3 is 0 Å². The smallest absolute Gasteiger partial charge is 0.245 e. The maximum atomic E-state index is 10.8. The summed E-state index contributed by atoms with van der Waals surface area (Å²) in [6.07, 6.45) is 2.37. The highest BCUT2D eigenvalue weighted by Gasteiger charge is 2.22. The molecule has 13 heavy (non-hydrogen) atoms. The van der Waals surface area contributed by atoms with E-state index >= 15 is 0 Å². The van der Waals surface area contributed by atoms with Crippen molar-refractivity contribution in [1.82, 2.24) is 10.2 Å². The summed E-state index contributed by atoms with van der Waals surface area (Å²) in [5, 5.41) is 11.2. The zero-order valence-electron chi connectivity index (χ0n) is 8.12. The molecule has 0 aromatic carbocycles. The van der Waals surface area contributed by atoms with Gasteiger partial charge in [-0.3, -0.25) is 9.69 Å². The molecule has 0 saturated carbocycles. The van der Waals surface area contributed by atoms with Crippen molar-refractivity contribution in [2.24, 2.45) is 0 Å². The second-order valence-electron chi connectivity index (χ2n) is 3.39. The van der Waals surface area contributed by atoms with Crippen LogP contribution in [0.1, 0.15) is 19.8 Å². The average molecular weight is 186 g/mol. The Kier molecular flexibility index (Phi) is 4.18. The van der Waals surface area contributed by atoms with E-state index in [0.717, 1.165) is 19.5 Å². The minimum Gasteiger partial charge on any atom is -0.387 e. The Hall–Kier alpha value is -0.610. The first-order valence-electron chi connectivity index (χ1n) is 4.89. The van der Waals surface area contributed by atoms with Crippen molar-refractivity contribution in [3.63, 3.8) is 0 Å². The van der Waals surface area contributed by atoms with Crippen molar-refractivity contribution < 1.29 is 9.90 Å². The fourth-order valence-corrected chi connectivity index (χ4v) is 1.83. The van der Waals surface area contributed by atoms with Crippen molar-refractivity contribution in [1.29, 1.82) is 0 Å². The molecule has 0 aliphatic carbocycles. The molecule has 1 atom stereocenters. The van der Waals surface area contributed by atoms with E-state index in [1.54, 1.807) is 0 Å². The predicted molar refractivity (Wildman–Crippen MR) is 50.4 cm³/mol. The third kappa shape index (κ3) is 2.97. The van der Waals surface area contributed by atoms with Crippen LogP contribution in [0.15, 0.2) is 0 Å². The van der Waals surface area contributed by atoms with Gasteiger partial charge in [-0.1, -0.05) is 6.92 Å². The summed E-state index contributed by atoms with van der Waals surface area (Å²) in [6, 6.07) is 0.473. The molecule has 0 radical (unpaired) electrons. The van der Waals surface area contributed by atoms with Gasteiger partial charge in [-0.25, -0.2) is 0 Å². The maximum absolute atomic E-state index is 10.8. The molecule has 1 aliphatic rings. The van der Waals surface area contributed by atoms with E-state index in [9.17, 15) is 4.79 Å². The summed E-state index contributed by atoms with van der Waals surface area (Å²) in [6.45, 7) is 4.58.